The molecule has 0 spiro atoms. The lowest BCUT2D eigenvalue weighted by Gasteiger charge is -2.17. The van der Waals surface area contributed by atoms with Crippen LogP contribution in [0.3, 0.4) is 0 Å². The smallest absolute Gasteiger partial charge is 0.317 e. The molecule has 4 atom stereocenters. The average molecular weight is 298 g/mol. The van der Waals surface area contributed by atoms with E-state index < -0.39 is 47.5 Å². The van der Waals surface area contributed by atoms with Crippen molar-refractivity contribution in [3.05, 3.63) is 0 Å². The summed E-state index contributed by atoms with van der Waals surface area (Å²) in [5.74, 6) is -7.04. The van der Waals surface area contributed by atoms with Crippen molar-refractivity contribution >= 4 is 23.9 Å². The Labute approximate surface area is 121 Å². The van der Waals surface area contributed by atoms with E-state index in [9.17, 15) is 19.2 Å². The van der Waals surface area contributed by atoms with Crippen LogP contribution in [0.15, 0.2) is 0 Å². The van der Waals surface area contributed by atoms with Crippen LogP contribution in [0.2, 0.25) is 0 Å². The van der Waals surface area contributed by atoms with Gasteiger partial charge in [-0.2, -0.15) is 0 Å². The van der Waals surface area contributed by atoms with Gasteiger partial charge < -0.3 is 14.9 Å². The van der Waals surface area contributed by atoms with E-state index in [0.29, 0.717) is 38.5 Å². The van der Waals surface area contributed by atoms with Crippen LogP contribution in [-0.2, 0) is 23.9 Å². The molecule has 0 aliphatic heterocycles. The molecule has 4 unspecified atom stereocenters. The second-order valence-electron chi connectivity index (χ2n) is 5.70. The van der Waals surface area contributed by atoms with Crippen LogP contribution in [0.1, 0.15) is 38.5 Å². The van der Waals surface area contributed by atoms with Gasteiger partial charge in [-0.25, -0.2) is 0 Å². The van der Waals surface area contributed by atoms with Crippen LogP contribution in [0.4, 0.5) is 0 Å². The summed E-state index contributed by atoms with van der Waals surface area (Å²) >= 11 is 0. The van der Waals surface area contributed by atoms with E-state index >= 15 is 0 Å². The largest absolute Gasteiger partial charge is 0.481 e. The van der Waals surface area contributed by atoms with Gasteiger partial charge in [0, 0.05) is 0 Å². The van der Waals surface area contributed by atoms with Gasteiger partial charge in [0.25, 0.3) is 0 Å². The van der Waals surface area contributed by atoms with Crippen LogP contribution in [0.5, 0.6) is 0 Å². The zero-order valence-corrected chi connectivity index (χ0v) is 11.5. The quantitative estimate of drug-likeness (QED) is 0.588. The van der Waals surface area contributed by atoms with E-state index in [2.05, 4.69) is 0 Å². The second kappa shape index (κ2) is 6.24. The molecule has 116 valence electrons. The van der Waals surface area contributed by atoms with Gasteiger partial charge in [0.15, 0.2) is 0 Å². The van der Waals surface area contributed by atoms with Crippen molar-refractivity contribution in [2.45, 2.75) is 38.5 Å². The fourth-order valence-corrected chi connectivity index (χ4v) is 3.33. The van der Waals surface area contributed by atoms with E-state index in [4.69, 9.17) is 14.9 Å². The minimum absolute atomic E-state index is 0.385. The van der Waals surface area contributed by atoms with Crippen molar-refractivity contribution in [2.24, 2.45) is 23.7 Å². The molecule has 0 amide bonds. The Morgan fingerprint density at radius 1 is 0.667 bits per heavy atom. The third-order valence-electron chi connectivity index (χ3n) is 4.47. The third kappa shape index (κ3) is 3.22. The Kier molecular flexibility index (Phi) is 4.59. The van der Waals surface area contributed by atoms with Crippen LogP contribution in [0.25, 0.3) is 0 Å². The van der Waals surface area contributed by atoms with E-state index in [1.54, 1.807) is 0 Å². The normalized spacial score (nSPS) is 31.8. The summed E-state index contributed by atoms with van der Waals surface area (Å²) in [4.78, 5) is 46.0. The Morgan fingerprint density at radius 2 is 1.00 bits per heavy atom. The van der Waals surface area contributed by atoms with Crippen LogP contribution in [-0.4, -0.2) is 34.1 Å². The highest BCUT2D eigenvalue weighted by molar-refractivity contribution is 5.92. The van der Waals surface area contributed by atoms with Gasteiger partial charge in [-0.1, -0.05) is 12.8 Å². The predicted molar refractivity (Wildman–Crippen MR) is 68.0 cm³/mol. The van der Waals surface area contributed by atoms with Crippen LogP contribution in [0, 0.1) is 23.7 Å². The first-order chi connectivity index (χ1) is 9.91. The number of esters is 2. The summed E-state index contributed by atoms with van der Waals surface area (Å²) in [6.07, 6.45) is 2.76. The molecular weight excluding hydrogens is 280 g/mol. The Morgan fingerprint density at radius 3 is 1.33 bits per heavy atom. The highest BCUT2D eigenvalue weighted by Gasteiger charge is 2.43. The molecule has 2 aliphatic carbocycles. The van der Waals surface area contributed by atoms with Gasteiger partial charge in [0.2, 0.25) is 0 Å². The monoisotopic (exact) mass is 298 g/mol. The molecule has 0 aromatic rings. The maximum absolute atomic E-state index is 12.0. The number of carboxylic acid groups (broad SMARTS) is 2. The number of ether oxygens (including phenoxy) is 1. The molecule has 0 aromatic heterocycles. The van der Waals surface area contributed by atoms with Crippen molar-refractivity contribution in [3.63, 3.8) is 0 Å². The maximum atomic E-state index is 12.0. The van der Waals surface area contributed by atoms with Crippen LogP contribution >= 0.6 is 0 Å². The number of aliphatic carboxylic acids is 2. The fraction of sp³-hybridized carbons (Fsp3) is 0.714. The number of carbonyl (C=O) groups excluding carboxylic acids is 2. The van der Waals surface area contributed by atoms with E-state index in [-0.39, 0.29) is 0 Å². The minimum Gasteiger partial charge on any atom is -0.481 e. The molecular formula is C14H18O7. The first-order valence-electron chi connectivity index (χ1n) is 7.13. The molecule has 7 heteroatoms. The first-order valence-corrected chi connectivity index (χ1v) is 7.13. The lowest BCUT2D eigenvalue weighted by atomic mass is 9.95. The SMILES string of the molecule is O=C(O)C1CCCC1C(=O)OC(=O)C1CCCC1C(=O)O. The maximum Gasteiger partial charge on any atom is 0.317 e. The van der Waals surface area contributed by atoms with E-state index in [1.807, 2.05) is 0 Å². The summed E-state index contributed by atoms with van der Waals surface area (Å²) in [6, 6.07) is 0. The fourth-order valence-electron chi connectivity index (χ4n) is 3.33. The summed E-state index contributed by atoms with van der Waals surface area (Å²) in [7, 11) is 0. The highest BCUT2D eigenvalue weighted by atomic mass is 16.6. The number of hydrogen-bond acceptors (Lipinski definition) is 5. The zero-order chi connectivity index (χ0) is 15.6. The standard InChI is InChI=1S/C14H18O7/c15-11(16)7-3-1-5-9(7)13(19)21-14(20)10-6-2-4-8(10)12(17)18/h7-10H,1-6H2,(H,15,16)(H,17,18). The van der Waals surface area contributed by atoms with Crippen LogP contribution < -0.4 is 0 Å². The number of carboxylic acids is 2. The Hall–Kier alpha value is -1.92. The molecule has 2 aliphatic rings. The van der Waals surface area contributed by atoms with E-state index in [0.717, 1.165) is 0 Å². The van der Waals surface area contributed by atoms with Gasteiger partial charge in [-0.3, -0.25) is 19.2 Å². The second-order valence-corrected chi connectivity index (χ2v) is 5.70. The molecule has 0 bridgehead atoms. The molecule has 7 nitrogen and oxygen atoms in total. The lowest BCUT2D eigenvalue weighted by Crippen LogP contribution is -2.33. The zero-order valence-electron chi connectivity index (χ0n) is 11.5. The van der Waals surface area contributed by atoms with Crippen molar-refractivity contribution in [1.82, 2.24) is 0 Å². The summed E-state index contributed by atoms with van der Waals surface area (Å²) in [5, 5.41) is 18.0. The van der Waals surface area contributed by atoms with Crippen molar-refractivity contribution in [1.29, 1.82) is 0 Å². The number of carbonyl (C=O) groups is 4. The molecule has 21 heavy (non-hydrogen) atoms. The molecule has 2 fully saturated rings. The third-order valence-corrected chi connectivity index (χ3v) is 4.47. The molecule has 0 radical (unpaired) electrons. The summed E-state index contributed by atoms with van der Waals surface area (Å²) in [5.41, 5.74) is 0. The highest BCUT2D eigenvalue weighted by Crippen LogP contribution is 2.35. The van der Waals surface area contributed by atoms with Gasteiger partial charge in [0.05, 0.1) is 23.7 Å². The lowest BCUT2D eigenvalue weighted by molar-refractivity contribution is -0.171. The van der Waals surface area contributed by atoms with Crippen molar-refractivity contribution < 1.29 is 34.1 Å². The average Bonchev–Trinajstić information content (AvgIpc) is 3.07. The van der Waals surface area contributed by atoms with Crippen molar-refractivity contribution in [3.8, 4) is 0 Å². The summed E-state index contributed by atoms with van der Waals surface area (Å²) in [6.45, 7) is 0. The number of hydrogen-bond donors (Lipinski definition) is 2. The predicted octanol–water partition coefficient (Wildman–Crippen LogP) is 1.06. The van der Waals surface area contributed by atoms with Gasteiger partial charge >= 0.3 is 23.9 Å². The molecule has 2 saturated carbocycles. The Bertz CT molecular complexity index is 428. The molecule has 2 rings (SSSR count). The van der Waals surface area contributed by atoms with Gasteiger partial charge in [0.1, 0.15) is 0 Å². The van der Waals surface area contributed by atoms with E-state index in [1.165, 1.54) is 0 Å². The molecule has 2 N–H and O–H groups in total. The first kappa shape index (κ1) is 15.5. The number of rotatable bonds is 4. The van der Waals surface area contributed by atoms with Gasteiger partial charge in [-0.05, 0) is 25.7 Å². The Balaban J connectivity index is 1.97. The molecule has 0 saturated heterocycles. The topological polar surface area (TPSA) is 118 Å². The van der Waals surface area contributed by atoms with Gasteiger partial charge in [-0.15, -0.1) is 0 Å². The minimum atomic E-state index is -1.06. The summed E-state index contributed by atoms with van der Waals surface area (Å²) < 4.78 is 4.77. The van der Waals surface area contributed by atoms with Crippen molar-refractivity contribution in [2.75, 3.05) is 0 Å². The molecule has 0 heterocycles. The molecule has 0 aromatic carbocycles.